The van der Waals surface area contributed by atoms with Gasteiger partial charge in [-0.25, -0.2) is 13.1 Å². The highest BCUT2D eigenvalue weighted by atomic mass is 32.2. The van der Waals surface area contributed by atoms with Crippen molar-refractivity contribution in [1.29, 1.82) is 0 Å². The Labute approximate surface area is 180 Å². The van der Waals surface area contributed by atoms with E-state index in [2.05, 4.69) is 16.3 Å². The summed E-state index contributed by atoms with van der Waals surface area (Å²) in [5, 5.41) is 8.04. The van der Waals surface area contributed by atoms with Crippen LogP contribution in [0.25, 0.3) is 0 Å². The van der Waals surface area contributed by atoms with Crippen LogP contribution in [0.1, 0.15) is 30.3 Å². The minimum absolute atomic E-state index is 0.0135. The average molecular weight is 454 g/mol. The van der Waals surface area contributed by atoms with Crippen molar-refractivity contribution in [2.24, 2.45) is 0 Å². The molecule has 0 saturated carbocycles. The van der Waals surface area contributed by atoms with E-state index < -0.39 is 15.1 Å². The molecule has 2 aromatic rings. The van der Waals surface area contributed by atoms with Crippen molar-refractivity contribution in [3.8, 4) is 5.75 Å². The molecule has 1 saturated heterocycles. The first-order valence-electron chi connectivity index (χ1n) is 9.60. The van der Waals surface area contributed by atoms with Crippen LogP contribution in [0, 0.1) is 13.8 Å². The molecule has 1 fully saturated rings. The molecule has 2 atom stereocenters. The number of carbonyl (C=O) groups excluding carboxylic acids is 1. The summed E-state index contributed by atoms with van der Waals surface area (Å²) in [6, 6.07) is 5.63. The second kappa shape index (κ2) is 8.84. The van der Waals surface area contributed by atoms with E-state index in [9.17, 15) is 13.2 Å². The highest BCUT2D eigenvalue weighted by molar-refractivity contribution is 8.00. The topological polar surface area (TPSA) is 120 Å². The lowest BCUT2D eigenvalue weighted by molar-refractivity contribution is -0.130. The molecule has 1 aliphatic heterocycles. The Hall–Kier alpha value is -2.27. The summed E-state index contributed by atoms with van der Waals surface area (Å²) in [4.78, 5) is 14.2. The van der Waals surface area contributed by atoms with Crippen LogP contribution < -0.4 is 10.6 Å². The molecule has 2 unspecified atom stereocenters. The van der Waals surface area contributed by atoms with Crippen LogP contribution in [-0.4, -0.2) is 63.9 Å². The van der Waals surface area contributed by atoms with E-state index in [0.717, 1.165) is 16.9 Å². The molecule has 1 amide bonds. The Balaban J connectivity index is 1.60. The lowest BCUT2D eigenvalue weighted by Crippen LogP contribution is -2.41. The van der Waals surface area contributed by atoms with Gasteiger partial charge in [0.15, 0.2) is 15.7 Å². The average Bonchev–Trinajstić information content (AvgIpc) is 3.20. The van der Waals surface area contributed by atoms with Gasteiger partial charge in [0.1, 0.15) is 12.4 Å². The summed E-state index contributed by atoms with van der Waals surface area (Å²) < 4.78 is 30.5. The molecular weight excluding hydrogens is 426 g/mol. The molecular formula is C19H27N5O4S2. The smallest absolute Gasteiger partial charge is 0.235 e. The zero-order valence-corrected chi connectivity index (χ0v) is 19.2. The Morgan fingerprint density at radius 1 is 1.33 bits per heavy atom. The lowest BCUT2D eigenvalue weighted by Gasteiger charge is -2.26. The molecule has 0 spiro atoms. The van der Waals surface area contributed by atoms with Gasteiger partial charge in [-0.1, -0.05) is 17.8 Å². The summed E-state index contributed by atoms with van der Waals surface area (Å²) >= 11 is 1.18. The first-order valence-corrected chi connectivity index (χ1v) is 12.3. The number of carbonyl (C=O) groups is 1. The Morgan fingerprint density at radius 2 is 2.00 bits per heavy atom. The summed E-state index contributed by atoms with van der Waals surface area (Å²) in [7, 11) is -1.42. The summed E-state index contributed by atoms with van der Waals surface area (Å²) in [6.07, 6.45) is 0.467. The molecule has 11 heteroatoms. The quantitative estimate of drug-likeness (QED) is 0.492. The van der Waals surface area contributed by atoms with Crippen LogP contribution in [-0.2, 0) is 21.2 Å². The van der Waals surface area contributed by atoms with Crippen molar-refractivity contribution < 1.29 is 17.9 Å². The number of aryl methyl sites for hydroxylation is 2. The number of aromatic nitrogens is 3. The van der Waals surface area contributed by atoms with Gasteiger partial charge in [-0.15, -0.1) is 10.2 Å². The predicted octanol–water partition coefficient (Wildman–Crippen LogP) is 1.31. The van der Waals surface area contributed by atoms with Crippen molar-refractivity contribution in [1.82, 2.24) is 19.8 Å². The van der Waals surface area contributed by atoms with Crippen molar-refractivity contribution in [2.45, 2.75) is 50.2 Å². The fourth-order valence-electron chi connectivity index (χ4n) is 3.41. The second-order valence-electron chi connectivity index (χ2n) is 7.65. The van der Waals surface area contributed by atoms with Gasteiger partial charge in [0.2, 0.25) is 11.1 Å². The van der Waals surface area contributed by atoms with Crippen molar-refractivity contribution >= 4 is 27.5 Å². The van der Waals surface area contributed by atoms with Gasteiger partial charge in [0.25, 0.3) is 0 Å². The fourth-order valence-corrected chi connectivity index (χ4v) is 6.07. The minimum atomic E-state index is -3.06. The van der Waals surface area contributed by atoms with E-state index in [1.165, 1.54) is 21.3 Å². The maximum absolute atomic E-state index is 12.7. The van der Waals surface area contributed by atoms with E-state index >= 15 is 0 Å². The van der Waals surface area contributed by atoms with Gasteiger partial charge in [-0.3, -0.25) is 4.79 Å². The summed E-state index contributed by atoms with van der Waals surface area (Å²) in [5.41, 5.74) is 2.20. The third kappa shape index (κ3) is 5.25. The predicted molar refractivity (Wildman–Crippen MR) is 116 cm³/mol. The highest BCUT2D eigenvalue weighted by Gasteiger charge is 2.34. The normalized spacial score (nSPS) is 18.9. The zero-order valence-electron chi connectivity index (χ0n) is 17.5. The number of nitrogen functional groups attached to an aromatic ring is 1. The number of sulfone groups is 1. The number of amides is 1. The Morgan fingerprint density at radius 3 is 2.60 bits per heavy atom. The number of rotatable bonds is 7. The largest absolute Gasteiger partial charge is 0.486 e. The van der Waals surface area contributed by atoms with Crippen LogP contribution in [0.3, 0.4) is 0 Å². The van der Waals surface area contributed by atoms with E-state index in [-0.39, 0.29) is 30.1 Å². The van der Waals surface area contributed by atoms with Crippen LogP contribution in [0.2, 0.25) is 0 Å². The minimum Gasteiger partial charge on any atom is -0.486 e. The number of hydrogen-bond donors (Lipinski definition) is 1. The fraction of sp³-hybridized carbons (Fsp3) is 0.526. The zero-order chi connectivity index (χ0) is 22.1. The van der Waals surface area contributed by atoms with Crippen molar-refractivity contribution in [2.75, 3.05) is 24.4 Å². The molecule has 164 valence electrons. The molecule has 3 rings (SSSR count). The van der Waals surface area contributed by atoms with Crippen LogP contribution in [0.5, 0.6) is 5.75 Å². The van der Waals surface area contributed by atoms with Crippen molar-refractivity contribution in [3.63, 3.8) is 0 Å². The van der Waals surface area contributed by atoms with Gasteiger partial charge >= 0.3 is 0 Å². The van der Waals surface area contributed by atoms with E-state index in [1.807, 2.05) is 26.0 Å². The first kappa shape index (κ1) is 22.4. The molecule has 2 heterocycles. The van der Waals surface area contributed by atoms with Crippen LogP contribution in [0.15, 0.2) is 23.4 Å². The third-order valence-corrected chi connectivity index (χ3v) is 7.83. The first-order chi connectivity index (χ1) is 14.1. The second-order valence-corrected chi connectivity index (χ2v) is 11.2. The van der Waals surface area contributed by atoms with Gasteiger partial charge in [0, 0.05) is 13.1 Å². The molecule has 1 aromatic carbocycles. The summed E-state index contributed by atoms with van der Waals surface area (Å²) in [5.74, 6) is 7.22. The maximum atomic E-state index is 12.7. The number of hydrogen-bond acceptors (Lipinski definition) is 8. The Bertz CT molecular complexity index is 1020. The molecule has 2 N–H and O–H groups in total. The number of ether oxygens (including phenoxy) is 1. The highest BCUT2D eigenvalue weighted by Crippen LogP contribution is 2.25. The molecule has 1 aliphatic rings. The molecule has 0 radical (unpaired) electrons. The molecule has 1 aromatic heterocycles. The Kier molecular flexibility index (Phi) is 6.61. The number of benzene rings is 1. The number of thioether (sulfide) groups is 1. The standard InChI is InChI=1S/C19H27N5O4S2/c1-12-7-13(2)9-16(8-12)28-10-17-21-22-19(24(17)20)29-14(3)18(25)23(4)15-5-6-30(26,27)11-15/h7-9,14-15H,5-6,10-11,20H2,1-4H3. The van der Waals surface area contributed by atoms with E-state index in [1.54, 1.807) is 14.0 Å². The van der Waals surface area contributed by atoms with E-state index in [0.29, 0.717) is 17.4 Å². The van der Waals surface area contributed by atoms with Gasteiger partial charge < -0.3 is 15.5 Å². The van der Waals surface area contributed by atoms with Gasteiger partial charge in [-0.2, -0.15) is 0 Å². The van der Waals surface area contributed by atoms with Gasteiger partial charge in [-0.05, 0) is 50.5 Å². The molecule has 9 nitrogen and oxygen atoms in total. The van der Waals surface area contributed by atoms with Crippen LogP contribution >= 0.6 is 11.8 Å². The SMILES string of the molecule is Cc1cc(C)cc(OCc2nnc(SC(C)C(=O)N(C)C3CCS(=O)(=O)C3)n2N)c1. The molecule has 30 heavy (non-hydrogen) atoms. The van der Waals surface area contributed by atoms with Crippen molar-refractivity contribution in [3.05, 3.63) is 35.2 Å². The maximum Gasteiger partial charge on any atom is 0.235 e. The lowest BCUT2D eigenvalue weighted by atomic mass is 10.1. The number of nitrogens with two attached hydrogens (primary N) is 1. The number of nitrogens with zero attached hydrogens (tertiary/aromatic N) is 4. The molecule has 0 aliphatic carbocycles. The summed E-state index contributed by atoms with van der Waals surface area (Å²) in [6.45, 7) is 5.88. The van der Waals surface area contributed by atoms with Crippen LogP contribution in [0.4, 0.5) is 0 Å². The monoisotopic (exact) mass is 453 g/mol. The third-order valence-electron chi connectivity index (χ3n) is 5.03. The van der Waals surface area contributed by atoms with Gasteiger partial charge in [0.05, 0.1) is 16.8 Å². The van der Waals surface area contributed by atoms with E-state index in [4.69, 9.17) is 10.6 Å². The molecule has 0 bridgehead atoms.